The van der Waals surface area contributed by atoms with Crippen LogP contribution >= 0.6 is 7.82 Å². The lowest BCUT2D eigenvalue weighted by Gasteiger charge is -2.20. The quantitative estimate of drug-likeness (QED) is 0.206. The number of ether oxygens (including phenoxy) is 2. The highest BCUT2D eigenvalue weighted by Crippen LogP contribution is 2.43. The van der Waals surface area contributed by atoms with Crippen molar-refractivity contribution in [3.8, 4) is 0 Å². The number of rotatable bonds is 15. The van der Waals surface area contributed by atoms with E-state index in [1.807, 2.05) is 6.92 Å². The van der Waals surface area contributed by atoms with Gasteiger partial charge in [0.25, 0.3) is 0 Å². The van der Waals surface area contributed by atoms with Crippen LogP contribution in [-0.4, -0.2) is 65.7 Å². The number of phosphoric ester groups is 1. The largest absolute Gasteiger partial charge is 0.472 e. The first-order valence-corrected chi connectivity index (χ1v) is 9.93. The van der Waals surface area contributed by atoms with Gasteiger partial charge in [-0.15, -0.1) is 0 Å². The molecular weight excluding hydrogens is 371 g/mol. The molecule has 0 heterocycles. The Bertz CT molecular complexity index is 456. The Balaban J connectivity index is 4.45. The zero-order chi connectivity index (χ0) is 20.0. The summed E-state index contributed by atoms with van der Waals surface area (Å²) in [6, 6.07) is 0. The minimum Gasteiger partial charge on any atom is -0.462 e. The van der Waals surface area contributed by atoms with Crippen molar-refractivity contribution < 1.29 is 47.8 Å². The second kappa shape index (κ2) is 14.1. The van der Waals surface area contributed by atoms with Gasteiger partial charge in [0, 0.05) is 13.3 Å². The molecule has 3 N–H and O–H groups in total. The summed E-state index contributed by atoms with van der Waals surface area (Å²) >= 11 is 0. The van der Waals surface area contributed by atoms with E-state index in [2.05, 4.69) is 4.52 Å². The van der Waals surface area contributed by atoms with Crippen molar-refractivity contribution in [1.29, 1.82) is 0 Å². The van der Waals surface area contributed by atoms with Gasteiger partial charge >= 0.3 is 19.8 Å². The fourth-order valence-corrected chi connectivity index (χ4v) is 2.50. The average molecular weight is 400 g/mol. The van der Waals surface area contributed by atoms with Gasteiger partial charge in [0.1, 0.15) is 12.7 Å². The van der Waals surface area contributed by atoms with Crippen LogP contribution in [0.25, 0.3) is 0 Å². The molecular formula is C15H29O10P. The number of aliphatic hydroxyl groups is 2. The van der Waals surface area contributed by atoms with Crippen molar-refractivity contribution in [2.45, 2.75) is 58.2 Å². The van der Waals surface area contributed by atoms with Crippen LogP contribution in [0.2, 0.25) is 0 Å². The van der Waals surface area contributed by atoms with Gasteiger partial charge < -0.3 is 24.6 Å². The zero-order valence-corrected chi connectivity index (χ0v) is 16.1. The molecule has 26 heavy (non-hydrogen) atoms. The molecule has 0 aliphatic rings. The number of carbonyl (C=O) groups excluding carboxylic acids is 2. The summed E-state index contributed by atoms with van der Waals surface area (Å²) in [5.41, 5.74) is 0. The monoisotopic (exact) mass is 400 g/mol. The Morgan fingerprint density at radius 3 is 2.31 bits per heavy atom. The molecule has 0 saturated heterocycles. The van der Waals surface area contributed by atoms with Crippen molar-refractivity contribution in [3.63, 3.8) is 0 Å². The maximum atomic E-state index is 11.8. The van der Waals surface area contributed by atoms with E-state index in [1.165, 1.54) is 6.92 Å². The van der Waals surface area contributed by atoms with E-state index in [-0.39, 0.29) is 13.0 Å². The average Bonchev–Trinajstić information content (AvgIpc) is 2.59. The van der Waals surface area contributed by atoms with Crippen molar-refractivity contribution in [1.82, 2.24) is 0 Å². The first-order valence-electron chi connectivity index (χ1n) is 8.43. The molecule has 0 aliphatic heterocycles. The first kappa shape index (κ1) is 25.0. The van der Waals surface area contributed by atoms with Gasteiger partial charge in [-0.1, -0.05) is 26.2 Å². The summed E-state index contributed by atoms with van der Waals surface area (Å²) in [4.78, 5) is 32.2. The smallest absolute Gasteiger partial charge is 0.462 e. The molecule has 1 unspecified atom stereocenters. The molecule has 0 aromatic heterocycles. The van der Waals surface area contributed by atoms with Crippen molar-refractivity contribution >= 4 is 19.8 Å². The van der Waals surface area contributed by atoms with Gasteiger partial charge in [-0.05, 0) is 6.42 Å². The van der Waals surface area contributed by atoms with E-state index in [0.29, 0.717) is 6.42 Å². The molecule has 0 aromatic rings. The molecule has 3 atom stereocenters. The molecule has 0 aromatic carbocycles. The summed E-state index contributed by atoms with van der Waals surface area (Å²) in [6.45, 7) is 1.06. The van der Waals surface area contributed by atoms with Gasteiger partial charge in [-0.2, -0.15) is 0 Å². The van der Waals surface area contributed by atoms with E-state index in [0.717, 1.165) is 19.3 Å². The van der Waals surface area contributed by atoms with E-state index in [1.54, 1.807) is 0 Å². The number of esters is 2. The van der Waals surface area contributed by atoms with E-state index in [9.17, 15) is 19.0 Å². The number of unbranched alkanes of at least 4 members (excludes halogenated alkanes) is 3. The van der Waals surface area contributed by atoms with Crippen LogP contribution in [0.1, 0.15) is 46.0 Å². The van der Waals surface area contributed by atoms with Crippen molar-refractivity contribution in [3.05, 3.63) is 0 Å². The Hall–Kier alpha value is -1.03. The molecule has 0 aliphatic carbocycles. The third kappa shape index (κ3) is 14.2. The van der Waals surface area contributed by atoms with E-state index < -0.39 is 51.8 Å². The van der Waals surface area contributed by atoms with Crippen LogP contribution in [0.4, 0.5) is 0 Å². The Labute approximate surface area is 153 Å². The molecule has 10 nitrogen and oxygen atoms in total. The highest BCUT2D eigenvalue weighted by Gasteiger charge is 2.26. The highest BCUT2D eigenvalue weighted by atomic mass is 31.2. The molecule has 0 spiro atoms. The molecule has 0 amide bonds. The second-order valence-corrected chi connectivity index (χ2v) is 7.08. The lowest BCUT2D eigenvalue weighted by Crippen LogP contribution is -2.29. The maximum Gasteiger partial charge on any atom is 0.472 e. The number of hydrogen-bond acceptors (Lipinski definition) is 9. The SMILES string of the molecule is CCCCCCC(=O)O[C@H](COC(C)=O)COP(=O)(O)OC[C@@H](O)CO. The highest BCUT2D eigenvalue weighted by molar-refractivity contribution is 7.47. The van der Waals surface area contributed by atoms with Crippen LogP contribution in [0, 0.1) is 0 Å². The Morgan fingerprint density at radius 1 is 1.08 bits per heavy atom. The summed E-state index contributed by atoms with van der Waals surface area (Å²) in [5, 5.41) is 17.7. The standard InChI is InChI=1S/C15H29O10P/c1-3-4-5-6-7-15(19)25-14(10-22-12(2)17)11-24-26(20,21)23-9-13(18)8-16/h13-14,16,18H,3-11H2,1-2H3,(H,20,21)/t13-,14+/m0/s1. The normalized spacial score (nSPS) is 15.7. The molecule has 0 rings (SSSR count). The van der Waals surface area contributed by atoms with Gasteiger partial charge in [0.05, 0.1) is 19.8 Å². The fraction of sp³-hybridized carbons (Fsp3) is 0.867. The number of phosphoric acid groups is 1. The third-order valence-electron chi connectivity index (χ3n) is 3.07. The van der Waals surface area contributed by atoms with Crippen molar-refractivity contribution in [2.24, 2.45) is 0 Å². The van der Waals surface area contributed by atoms with Gasteiger partial charge in [-0.3, -0.25) is 18.6 Å². The molecule has 0 radical (unpaired) electrons. The maximum absolute atomic E-state index is 11.8. The van der Waals surface area contributed by atoms with Crippen LogP contribution in [0.5, 0.6) is 0 Å². The lowest BCUT2D eigenvalue weighted by atomic mass is 10.1. The molecule has 0 saturated carbocycles. The summed E-state index contributed by atoms with van der Waals surface area (Å²) in [7, 11) is -4.54. The van der Waals surface area contributed by atoms with Crippen LogP contribution in [0.3, 0.4) is 0 Å². The molecule has 154 valence electrons. The molecule has 0 bridgehead atoms. The lowest BCUT2D eigenvalue weighted by molar-refractivity contribution is -0.160. The molecule has 11 heteroatoms. The van der Waals surface area contributed by atoms with Crippen molar-refractivity contribution in [2.75, 3.05) is 26.4 Å². The van der Waals surface area contributed by atoms with E-state index in [4.69, 9.17) is 24.2 Å². The van der Waals surface area contributed by atoms with Gasteiger partial charge in [0.15, 0.2) is 6.10 Å². The van der Waals surface area contributed by atoms with Gasteiger partial charge in [0.2, 0.25) is 0 Å². The minimum absolute atomic E-state index is 0.173. The predicted octanol–water partition coefficient (Wildman–Crippen LogP) is 0.918. The van der Waals surface area contributed by atoms with E-state index >= 15 is 0 Å². The first-order chi connectivity index (χ1) is 12.2. The summed E-state index contributed by atoms with van der Waals surface area (Å²) in [5.74, 6) is -1.14. The third-order valence-corrected chi connectivity index (χ3v) is 4.02. The van der Waals surface area contributed by atoms with Crippen LogP contribution in [-0.2, 0) is 32.7 Å². The second-order valence-electron chi connectivity index (χ2n) is 5.62. The number of hydrogen-bond donors (Lipinski definition) is 3. The topological polar surface area (TPSA) is 149 Å². The Kier molecular flexibility index (Phi) is 13.5. The summed E-state index contributed by atoms with van der Waals surface area (Å²) < 4.78 is 30.7. The minimum atomic E-state index is -4.54. The fourth-order valence-electron chi connectivity index (χ4n) is 1.71. The number of aliphatic hydroxyl groups excluding tert-OH is 2. The number of carbonyl (C=O) groups is 2. The predicted molar refractivity (Wildman–Crippen MR) is 90.1 cm³/mol. The van der Waals surface area contributed by atoms with Crippen LogP contribution in [0.15, 0.2) is 0 Å². The van der Waals surface area contributed by atoms with Gasteiger partial charge in [-0.25, -0.2) is 4.57 Å². The Morgan fingerprint density at radius 2 is 1.73 bits per heavy atom. The van der Waals surface area contributed by atoms with Crippen LogP contribution < -0.4 is 0 Å². The summed E-state index contributed by atoms with van der Waals surface area (Å²) in [6.07, 6.45) is 1.30. The zero-order valence-electron chi connectivity index (χ0n) is 15.2. The molecule has 0 fully saturated rings.